The van der Waals surface area contributed by atoms with Gasteiger partial charge in [-0.1, -0.05) is 48.5 Å². The van der Waals surface area contributed by atoms with Gasteiger partial charge in [0.15, 0.2) is 10.9 Å². The first-order valence-electron chi connectivity index (χ1n) is 10.5. The van der Waals surface area contributed by atoms with Gasteiger partial charge in [-0.25, -0.2) is 28.5 Å². The fourth-order valence-electron chi connectivity index (χ4n) is 3.66. The first-order chi connectivity index (χ1) is 16.5. The van der Waals surface area contributed by atoms with Crippen LogP contribution in [0.25, 0.3) is 33.4 Å². The number of rotatable bonds is 6. The van der Waals surface area contributed by atoms with Gasteiger partial charge >= 0.3 is 0 Å². The average Bonchev–Trinajstić information content (AvgIpc) is 2.87. The molecule has 0 bridgehead atoms. The molecule has 0 unspecified atom stereocenters. The number of benzene rings is 2. The molecule has 0 aliphatic heterocycles. The molecule has 0 atom stereocenters. The quantitative estimate of drug-likeness (QED) is 0.386. The molecule has 0 aliphatic rings. The molecule has 0 amide bonds. The van der Waals surface area contributed by atoms with Crippen LogP contribution in [0.3, 0.4) is 0 Å². The van der Waals surface area contributed by atoms with E-state index in [0.29, 0.717) is 23.8 Å². The van der Waals surface area contributed by atoms with Crippen LogP contribution in [0, 0.1) is 0 Å². The topological polar surface area (TPSA) is 124 Å². The van der Waals surface area contributed by atoms with Crippen LogP contribution in [-0.4, -0.2) is 28.4 Å². The fourth-order valence-corrected chi connectivity index (χ4v) is 4.11. The normalized spacial score (nSPS) is 11.4. The van der Waals surface area contributed by atoms with E-state index in [-0.39, 0.29) is 5.03 Å². The van der Waals surface area contributed by atoms with Gasteiger partial charge < -0.3 is 5.32 Å². The molecule has 0 saturated carbocycles. The third-order valence-electron chi connectivity index (χ3n) is 5.26. The molecule has 3 heterocycles. The molecule has 5 aromatic rings. The molecule has 0 radical (unpaired) electrons. The van der Waals surface area contributed by atoms with Crippen molar-refractivity contribution in [1.29, 1.82) is 0 Å². The molecular weight excluding hydrogens is 448 g/mol. The molecule has 9 heteroatoms. The number of sulfonamides is 1. The Bertz CT molecular complexity index is 1560. The lowest BCUT2D eigenvalue weighted by atomic mass is 10.0. The predicted molar refractivity (Wildman–Crippen MR) is 131 cm³/mol. The highest BCUT2D eigenvalue weighted by molar-refractivity contribution is 7.89. The third kappa shape index (κ3) is 4.47. The average molecular weight is 469 g/mol. The summed E-state index contributed by atoms with van der Waals surface area (Å²) in [5.74, 6) is 1.05. The summed E-state index contributed by atoms with van der Waals surface area (Å²) in [6.07, 6.45) is 3.15. The van der Waals surface area contributed by atoms with E-state index in [4.69, 9.17) is 15.1 Å². The number of hydrogen-bond donors (Lipinski definition) is 2. The monoisotopic (exact) mass is 468 g/mol. The van der Waals surface area contributed by atoms with Crippen LogP contribution < -0.4 is 10.5 Å². The summed E-state index contributed by atoms with van der Waals surface area (Å²) < 4.78 is 23.1. The second-order valence-corrected chi connectivity index (χ2v) is 9.07. The van der Waals surface area contributed by atoms with E-state index >= 15 is 0 Å². The van der Waals surface area contributed by atoms with E-state index in [1.54, 1.807) is 12.3 Å². The molecule has 34 heavy (non-hydrogen) atoms. The zero-order valence-corrected chi connectivity index (χ0v) is 18.8. The van der Waals surface area contributed by atoms with Crippen LogP contribution >= 0.6 is 0 Å². The van der Waals surface area contributed by atoms with Crippen molar-refractivity contribution in [3.05, 3.63) is 97.0 Å². The SMILES string of the molecule is NS(=O)(=O)c1ccc(-c2nc(NCc3ccccn3)c3c(-c4ccccc4)cccc3n2)cn1. The van der Waals surface area contributed by atoms with Gasteiger partial charge in [0.1, 0.15) is 5.82 Å². The summed E-state index contributed by atoms with van der Waals surface area (Å²) in [7, 11) is -3.89. The number of nitrogens with zero attached hydrogens (tertiary/aromatic N) is 4. The van der Waals surface area contributed by atoms with Crippen molar-refractivity contribution in [2.75, 3.05) is 5.32 Å². The summed E-state index contributed by atoms with van der Waals surface area (Å²) in [5, 5.41) is 9.25. The molecule has 3 N–H and O–H groups in total. The number of primary sulfonamides is 1. The first-order valence-corrected chi connectivity index (χ1v) is 12.0. The highest BCUT2D eigenvalue weighted by Crippen LogP contribution is 2.34. The van der Waals surface area contributed by atoms with Crippen molar-refractivity contribution in [2.24, 2.45) is 5.14 Å². The summed E-state index contributed by atoms with van der Waals surface area (Å²) in [5.41, 5.74) is 4.22. The highest BCUT2D eigenvalue weighted by Gasteiger charge is 2.16. The summed E-state index contributed by atoms with van der Waals surface area (Å²) in [6, 6.07) is 24.6. The van der Waals surface area contributed by atoms with Crippen molar-refractivity contribution < 1.29 is 8.42 Å². The molecule has 3 aromatic heterocycles. The van der Waals surface area contributed by atoms with Gasteiger partial charge in [0, 0.05) is 18.0 Å². The van der Waals surface area contributed by atoms with E-state index in [0.717, 1.165) is 27.7 Å². The number of pyridine rings is 2. The lowest BCUT2D eigenvalue weighted by Gasteiger charge is -2.14. The van der Waals surface area contributed by atoms with Gasteiger partial charge in [-0.15, -0.1) is 0 Å². The molecule has 2 aromatic carbocycles. The van der Waals surface area contributed by atoms with E-state index < -0.39 is 10.0 Å². The third-order valence-corrected chi connectivity index (χ3v) is 6.08. The van der Waals surface area contributed by atoms with Crippen LogP contribution in [-0.2, 0) is 16.6 Å². The summed E-state index contributed by atoms with van der Waals surface area (Å²) in [6.45, 7) is 0.470. The largest absolute Gasteiger partial charge is 0.364 e. The van der Waals surface area contributed by atoms with Gasteiger partial charge in [-0.05, 0) is 41.5 Å². The van der Waals surface area contributed by atoms with Gasteiger partial charge in [0.05, 0.1) is 23.1 Å². The maximum atomic E-state index is 11.6. The van der Waals surface area contributed by atoms with E-state index in [1.807, 2.05) is 66.7 Å². The van der Waals surface area contributed by atoms with Crippen LogP contribution in [0.2, 0.25) is 0 Å². The predicted octanol–water partition coefficient (Wildman–Crippen LogP) is 4.01. The van der Waals surface area contributed by atoms with Crippen molar-refractivity contribution >= 4 is 26.7 Å². The van der Waals surface area contributed by atoms with Crippen molar-refractivity contribution in [1.82, 2.24) is 19.9 Å². The number of nitrogens with two attached hydrogens (primary N) is 1. The minimum Gasteiger partial charge on any atom is -0.364 e. The Kier molecular flexibility index (Phi) is 5.70. The number of anilines is 1. The van der Waals surface area contributed by atoms with Crippen molar-refractivity contribution in [3.63, 3.8) is 0 Å². The molecule has 0 fully saturated rings. The fraction of sp³-hybridized carbons (Fsp3) is 0.0400. The lowest BCUT2D eigenvalue weighted by Crippen LogP contribution is -2.13. The summed E-state index contributed by atoms with van der Waals surface area (Å²) >= 11 is 0. The standard InChI is InChI=1S/C25H20N6O2S/c26-34(32,33)22-13-12-18(15-28-22)24-30-21-11-6-10-20(17-7-2-1-3-8-17)23(21)25(31-24)29-16-19-9-4-5-14-27-19/h1-15H,16H2,(H2,26,32,33)(H,29,30,31). The number of hydrogen-bond acceptors (Lipinski definition) is 7. The number of fused-ring (bicyclic) bond motifs is 1. The zero-order chi connectivity index (χ0) is 23.5. The first kappa shape index (κ1) is 21.6. The maximum Gasteiger partial charge on any atom is 0.255 e. The summed E-state index contributed by atoms with van der Waals surface area (Å²) in [4.78, 5) is 17.9. The van der Waals surface area contributed by atoms with Crippen molar-refractivity contribution in [2.45, 2.75) is 11.6 Å². The van der Waals surface area contributed by atoms with Crippen LogP contribution in [0.15, 0.2) is 96.3 Å². The van der Waals surface area contributed by atoms with Gasteiger partial charge in [-0.3, -0.25) is 4.98 Å². The lowest BCUT2D eigenvalue weighted by molar-refractivity contribution is 0.594. The van der Waals surface area contributed by atoms with E-state index in [1.165, 1.54) is 12.3 Å². The minimum atomic E-state index is -3.89. The van der Waals surface area contributed by atoms with Gasteiger partial charge in [0.2, 0.25) is 0 Å². The van der Waals surface area contributed by atoms with E-state index in [2.05, 4.69) is 15.3 Å². The highest BCUT2D eigenvalue weighted by atomic mass is 32.2. The Morgan fingerprint density at radius 2 is 1.62 bits per heavy atom. The Labute approximate surface area is 196 Å². The van der Waals surface area contributed by atoms with Crippen molar-refractivity contribution in [3.8, 4) is 22.5 Å². The van der Waals surface area contributed by atoms with E-state index in [9.17, 15) is 8.42 Å². The molecular formula is C25H20N6O2S. The van der Waals surface area contributed by atoms with Gasteiger partial charge in [-0.2, -0.15) is 0 Å². The smallest absolute Gasteiger partial charge is 0.255 e. The van der Waals surface area contributed by atoms with Crippen LogP contribution in [0.5, 0.6) is 0 Å². The molecule has 0 saturated heterocycles. The Morgan fingerprint density at radius 3 is 2.32 bits per heavy atom. The second kappa shape index (κ2) is 8.97. The second-order valence-electron chi connectivity index (χ2n) is 7.57. The minimum absolute atomic E-state index is 0.211. The Balaban J connectivity index is 1.65. The maximum absolute atomic E-state index is 11.6. The van der Waals surface area contributed by atoms with Crippen LogP contribution in [0.1, 0.15) is 5.69 Å². The van der Waals surface area contributed by atoms with Gasteiger partial charge in [0.25, 0.3) is 10.0 Å². The molecule has 5 rings (SSSR count). The molecule has 8 nitrogen and oxygen atoms in total. The Morgan fingerprint density at radius 1 is 0.794 bits per heavy atom. The number of nitrogens with one attached hydrogen (secondary N) is 1. The van der Waals surface area contributed by atoms with Crippen LogP contribution in [0.4, 0.5) is 5.82 Å². The molecule has 0 spiro atoms. The zero-order valence-electron chi connectivity index (χ0n) is 18.0. The number of aromatic nitrogens is 4. The molecule has 168 valence electrons. The molecule has 0 aliphatic carbocycles. The Hall–Kier alpha value is -4.21.